The van der Waals surface area contributed by atoms with E-state index >= 15 is 0 Å². The summed E-state index contributed by atoms with van der Waals surface area (Å²) >= 11 is 0. The van der Waals surface area contributed by atoms with Crippen LogP contribution in [0.2, 0.25) is 0 Å². The zero-order chi connectivity index (χ0) is 17.9. The van der Waals surface area contributed by atoms with Crippen LogP contribution in [-0.4, -0.2) is 32.9 Å². The fourth-order valence-corrected chi connectivity index (χ4v) is 4.14. The van der Waals surface area contributed by atoms with Gasteiger partial charge < -0.3 is 0 Å². The Kier molecular flexibility index (Phi) is 4.93. The van der Waals surface area contributed by atoms with Crippen LogP contribution in [0.4, 0.5) is 0 Å². The van der Waals surface area contributed by atoms with Gasteiger partial charge >= 0.3 is 0 Å². The Labute approximate surface area is 155 Å². The van der Waals surface area contributed by atoms with Crippen molar-refractivity contribution >= 4 is 11.0 Å². The monoisotopic (exact) mass is 346 g/mol. The average molecular weight is 346 g/mol. The number of aryl methyl sites for hydroxylation is 2. The molecule has 0 N–H and O–H groups in total. The maximum Gasteiger partial charge on any atom is 0.159 e. The van der Waals surface area contributed by atoms with Crippen LogP contribution in [-0.2, 0) is 13.0 Å². The summed E-state index contributed by atoms with van der Waals surface area (Å²) in [6.07, 6.45) is 5.53. The molecule has 1 atom stereocenters. The average Bonchev–Trinajstić information content (AvgIpc) is 2.61. The number of pyridine rings is 3. The van der Waals surface area contributed by atoms with Gasteiger partial charge in [-0.1, -0.05) is 0 Å². The fraction of sp³-hybridized carbons (Fsp3) is 0.409. The highest BCUT2D eigenvalue weighted by atomic mass is 15.1. The van der Waals surface area contributed by atoms with Gasteiger partial charge in [0.25, 0.3) is 0 Å². The van der Waals surface area contributed by atoms with E-state index < -0.39 is 0 Å². The lowest BCUT2D eigenvalue weighted by Gasteiger charge is -2.32. The zero-order valence-electron chi connectivity index (χ0n) is 15.7. The second-order valence-electron chi connectivity index (χ2n) is 7.56. The van der Waals surface area contributed by atoms with Gasteiger partial charge in [-0.3, -0.25) is 9.88 Å². The van der Waals surface area contributed by atoms with Gasteiger partial charge in [0.15, 0.2) is 5.65 Å². The van der Waals surface area contributed by atoms with Gasteiger partial charge in [0.2, 0.25) is 0 Å². The predicted octanol–water partition coefficient (Wildman–Crippen LogP) is 4.10. The van der Waals surface area contributed by atoms with Crippen LogP contribution in [0.1, 0.15) is 35.5 Å². The highest BCUT2D eigenvalue weighted by Crippen LogP contribution is 2.23. The second kappa shape index (κ2) is 7.50. The van der Waals surface area contributed by atoms with Crippen LogP contribution in [0, 0.1) is 19.8 Å². The van der Waals surface area contributed by atoms with Crippen molar-refractivity contribution in [2.75, 3.05) is 13.1 Å². The summed E-state index contributed by atoms with van der Waals surface area (Å²) in [4.78, 5) is 16.2. The molecule has 0 aromatic carbocycles. The van der Waals surface area contributed by atoms with E-state index in [-0.39, 0.29) is 0 Å². The molecular weight excluding hydrogens is 320 g/mol. The molecule has 0 radical (unpaired) electrons. The van der Waals surface area contributed by atoms with Gasteiger partial charge in [-0.05, 0) is 87.5 Å². The standard InChI is InChI=1S/C22H26N4/c1-16-11-19(12-17(2)24-16)13-18-5-4-10-26(14-18)15-21-8-7-20-6-3-9-23-22(20)25-21/h3,6-9,11-12,18H,4-5,10,13-15H2,1-2H3/t18-/m1/s1. The van der Waals surface area contributed by atoms with Gasteiger partial charge in [0.05, 0.1) is 5.69 Å². The minimum absolute atomic E-state index is 0.712. The molecule has 0 unspecified atom stereocenters. The number of rotatable bonds is 4. The number of likely N-dealkylation sites (tertiary alicyclic amines) is 1. The number of hydrogen-bond acceptors (Lipinski definition) is 4. The molecule has 3 aromatic heterocycles. The third-order valence-corrected chi connectivity index (χ3v) is 5.18. The fourth-order valence-electron chi connectivity index (χ4n) is 4.14. The molecule has 1 saturated heterocycles. The smallest absolute Gasteiger partial charge is 0.159 e. The van der Waals surface area contributed by atoms with Crippen molar-refractivity contribution in [1.29, 1.82) is 0 Å². The first-order chi connectivity index (χ1) is 12.7. The summed E-state index contributed by atoms with van der Waals surface area (Å²) in [5.74, 6) is 0.712. The third-order valence-electron chi connectivity index (χ3n) is 5.18. The number of piperidine rings is 1. The Morgan fingerprint density at radius 1 is 1.08 bits per heavy atom. The van der Waals surface area contributed by atoms with Crippen molar-refractivity contribution in [3.05, 3.63) is 65.2 Å². The Morgan fingerprint density at radius 2 is 1.92 bits per heavy atom. The highest BCUT2D eigenvalue weighted by Gasteiger charge is 2.21. The Hall–Kier alpha value is -2.33. The molecule has 3 aromatic rings. The van der Waals surface area contributed by atoms with E-state index in [0.29, 0.717) is 5.92 Å². The normalized spacial score (nSPS) is 18.3. The molecule has 1 aliphatic rings. The van der Waals surface area contributed by atoms with E-state index in [1.807, 2.05) is 12.3 Å². The molecule has 0 spiro atoms. The quantitative estimate of drug-likeness (QED) is 0.713. The summed E-state index contributed by atoms with van der Waals surface area (Å²) < 4.78 is 0. The molecule has 1 aliphatic heterocycles. The second-order valence-corrected chi connectivity index (χ2v) is 7.56. The van der Waals surface area contributed by atoms with Crippen molar-refractivity contribution < 1.29 is 0 Å². The highest BCUT2D eigenvalue weighted by molar-refractivity contribution is 5.74. The Bertz CT molecular complexity index is 885. The van der Waals surface area contributed by atoms with Crippen molar-refractivity contribution in [2.24, 2.45) is 5.92 Å². The maximum atomic E-state index is 4.74. The molecule has 4 heteroatoms. The lowest BCUT2D eigenvalue weighted by molar-refractivity contribution is 0.165. The van der Waals surface area contributed by atoms with Crippen LogP contribution >= 0.6 is 0 Å². The number of nitrogens with zero attached hydrogens (tertiary/aromatic N) is 4. The topological polar surface area (TPSA) is 41.9 Å². The van der Waals surface area contributed by atoms with Gasteiger partial charge in [-0.2, -0.15) is 0 Å². The molecule has 4 rings (SSSR count). The molecule has 1 fully saturated rings. The lowest BCUT2D eigenvalue weighted by atomic mass is 9.91. The van der Waals surface area contributed by atoms with Crippen molar-refractivity contribution in [3.8, 4) is 0 Å². The lowest BCUT2D eigenvalue weighted by Crippen LogP contribution is -2.36. The van der Waals surface area contributed by atoms with Gasteiger partial charge in [0, 0.05) is 36.1 Å². The summed E-state index contributed by atoms with van der Waals surface area (Å²) in [5.41, 5.74) is 5.64. The Morgan fingerprint density at radius 3 is 2.77 bits per heavy atom. The number of hydrogen-bond donors (Lipinski definition) is 0. The maximum absolute atomic E-state index is 4.74. The van der Waals surface area contributed by atoms with E-state index in [2.05, 4.69) is 59.0 Å². The summed E-state index contributed by atoms with van der Waals surface area (Å²) in [5, 5.41) is 1.11. The predicted molar refractivity (Wildman–Crippen MR) is 105 cm³/mol. The van der Waals surface area contributed by atoms with Crippen LogP contribution in [0.5, 0.6) is 0 Å². The number of fused-ring (bicyclic) bond motifs is 1. The molecule has 0 saturated carbocycles. The van der Waals surface area contributed by atoms with Crippen LogP contribution in [0.25, 0.3) is 11.0 Å². The molecule has 0 bridgehead atoms. The number of aromatic nitrogens is 3. The molecule has 26 heavy (non-hydrogen) atoms. The van der Waals surface area contributed by atoms with E-state index in [0.717, 1.165) is 54.2 Å². The largest absolute Gasteiger partial charge is 0.297 e. The van der Waals surface area contributed by atoms with Crippen LogP contribution < -0.4 is 0 Å². The van der Waals surface area contributed by atoms with E-state index in [9.17, 15) is 0 Å². The van der Waals surface area contributed by atoms with Crippen molar-refractivity contribution in [2.45, 2.75) is 39.7 Å². The first-order valence-electron chi connectivity index (χ1n) is 9.53. The van der Waals surface area contributed by atoms with Crippen molar-refractivity contribution in [1.82, 2.24) is 19.9 Å². The third kappa shape index (κ3) is 4.07. The van der Waals surface area contributed by atoms with Crippen LogP contribution in [0.15, 0.2) is 42.6 Å². The first kappa shape index (κ1) is 17.1. The zero-order valence-corrected chi connectivity index (χ0v) is 15.7. The minimum atomic E-state index is 0.712. The van der Waals surface area contributed by atoms with Gasteiger partial charge in [0.1, 0.15) is 0 Å². The molecule has 134 valence electrons. The van der Waals surface area contributed by atoms with E-state index in [1.165, 1.54) is 18.4 Å². The summed E-state index contributed by atoms with van der Waals surface area (Å²) in [7, 11) is 0. The van der Waals surface area contributed by atoms with Crippen LogP contribution in [0.3, 0.4) is 0 Å². The minimum Gasteiger partial charge on any atom is -0.297 e. The Balaban J connectivity index is 1.42. The summed E-state index contributed by atoms with van der Waals surface area (Å²) in [6.45, 7) is 7.39. The van der Waals surface area contributed by atoms with Gasteiger partial charge in [-0.15, -0.1) is 0 Å². The van der Waals surface area contributed by atoms with E-state index in [1.54, 1.807) is 0 Å². The molecule has 4 heterocycles. The van der Waals surface area contributed by atoms with E-state index in [4.69, 9.17) is 4.98 Å². The molecular formula is C22H26N4. The molecule has 4 nitrogen and oxygen atoms in total. The molecule has 0 amide bonds. The summed E-state index contributed by atoms with van der Waals surface area (Å²) in [6, 6.07) is 12.8. The molecule has 0 aliphatic carbocycles. The first-order valence-corrected chi connectivity index (χ1v) is 9.53. The van der Waals surface area contributed by atoms with Gasteiger partial charge in [-0.25, -0.2) is 9.97 Å². The SMILES string of the molecule is Cc1cc(C[C@H]2CCCN(Cc3ccc4cccnc4n3)C2)cc(C)n1. The van der Waals surface area contributed by atoms with Crippen molar-refractivity contribution in [3.63, 3.8) is 0 Å².